The summed E-state index contributed by atoms with van der Waals surface area (Å²) in [5, 5.41) is 5.61. The Morgan fingerprint density at radius 2 is 2.00 bits per heavy atom. The van der Waals surface area contributed by atoms with Crippen molar-refractivity contribution in [2.75, 3.05) is 32.8 Å². The van der Waals surface area contributed by atoms with Crippen molar-refractivity contribution in [3.05, 3.63) is 45.0 Å². The van der Waals surface area contributed by atoms with Crippen molar-refractivity contribution in [3.63, 3.8) is 0 Å². The van der Waals surface area contributed by atoms with Gasteiger partial charge in [0.15, 0.2) is 0 Å². The van der Waals surface area contributed by atoms with Gasteiger partial charge >= 0.3 is 0 Å². The summed E-state index contributed by atoms with van der Waals surface area (Å²) in [5.41, 5.74) is 3.65. The van der Waals surface area contributed by atoms with E-state index >= 15 is 0 Å². The average molecular weight is 446 g/mol. The predicted octanol–water partition coefficient (Wildman–Crippen LogP) is 2.68. The number of aryl methyl sites for hydroxylation is 2. The van der Waals surface area contributed by atoms with Gasteiger partial charge in [0.1, 0.15) is 0 Å². The third kappa shape index (κ3) is 3.76. The van der Waals surface area contributed by atoms with Gasteiger partial charge in [0, 0.05) is 49.5 Å². The lowest BCUT2D eigenvalue weighted by molar-refractivity contribution is 0.0359. The fraction of sp³-hybridized carbons (Fsp3) is 0.450. The van der Waals surface area contributed by atoms with Crippen molar-refractivity contribution in [1.82, 2.24) is 24.2 Å². The van der Waals surface area contributed by atoms with Crippen LogP contribution in [0.1, 0.15) is 12.6 Å². The van der Waals surface area contributed by atoms with Gasteiger partial charge in [-0.3, -0.25) is 19.4 Å². The first-order valence-corrected chi connectivity index (χ1v) is 10.4. The van der Waals surface area contributed by atoms with Crippen LogP contribution in [0.15, 0.2) is 33.8 Å². The van der Waals surface area contributed by atoms with Gasteiger partial charge < -0.3 is 9.30 Å². The highest BCUT2D eigenvalue weighted by Gasteiger charge is 2.14. The molecule has 0 N–H and O–H groups in total. The van der Waals surface area contributed by atoms with Gasteiger partial charge in [0.25, 0.3) is 5.56 Å². The van der Waals surface area contributed by atoms with E-state index in [1.807, 2.05) is 36.9 Å². The van der Waals surface area contributed by atoms with Crippen molar-refractivity contribution >= 4 is 26.8 Å². The van der Waals surface area contributed by atoms with Crippen molar-refractivity contribution in [2.45, 2.75) is 26.9 Å². The Labute approximate surface area is 172 Å². The van der Waals surface area contributed by atoms with Crippen LogP contribution in [-0.4, -0.2) is 57.1 Å². The van der Waals surface area contributed by atoms with Crippen LogP contribution in [0, 0.1) is 6.92 Å². The number of morpholine rings is 1. The van der Waals surface area contributed by atoms with E-state index in [2.05, 4.69) is 37.1 Å². The van der Waals surface area contributed by atoms with E-state index in [1.54, 1.807) is 4.57 Å². The molecule has 0 aliphatic carbocycles. The highest BCUT2D eigenvalue weighted by molar-refractivity contribution is 9.10. The molecule has 4 rings (SSSR count). The lowest BCUT2D eigenvalue weighted by Crippen LogP contribution is -2.38. The van der Waals surface area contributed by atoms with Crippen molar-refractivity contribution in [1.29, 1.82) is 0 Å². The number of ether oxygens (including phenoxy) is 1. The quantitative estimate of drug-likeness (QED) is 0.603. The summed E-state index contributed by atoms with van der Waals surface area (Å²) in [5.74, 6) is 0. The van der Waals surface area contributed by atoms with E-state index in [4.69, 9.17) is 4.74 Å². The van der Waals surface area contributed by atoms with Gasteiger partial charge in [-0.15, -0.1) is 0 Å². The molecule has 7 nitrogen and oxygen atoms in total. The summed E-state index contributed by atoms with van der Waals surface area (Å²) >= 11 is 3.35. The number of nitrogens with zero attached hydrogens (tertiary/aromatic N) is 5. The minimum absolute atomic E-state index is 0.0231. The highest BCUT2D eigenvalue weighted by Crippen LogP contribution is 2.25. The first-order chi connectivity index (χ1) is 13.6. The van der Waals surface area contributed by atoms with Crippen LogP contribution in [0.4, 0.5) is 0 Å². The van der Waals surface area contributed by atoms with E-state index < -0.39 is 0 Å². The second-order valence-electron chi connectivity index (χ2n) is 7.02. The van der Waals surface area contributed by atoms with E-state index in [1.165, 1.54) is 0 Å². The molecule has 0 spiro atoms. The molecule has 8 heteroatoms. The molecule has 28 heavy (non-hydrogen) atoms. The number of aromatic nitrogens is 4. The number of hydrogen-bond acceptors (Lipinski definition) is 5. The molecule has 1 fully saturated rings. The topological polar surface area (TPSA) is 65.2 Å². The second-order valence-corrected chi connectivity index (χ2v) is 7.87. The maximum absolute atomic E-state index is 12.4. The lowest BCUT2D eigenvalue weighted by Gasteiger charge is -2.26. The van der Waals surface area contributed by atoms with E-state index in [0.29, 0.717) is 11.0 Å². The van der Waals surface area contributed by atoms with Crippen LogP contribution >= 0.6 is 15.9 Å². The zero-order valence-electron chi connectivity index (χ0n) is 16.2. The normalized spacial score (nSPS) is 15.4. The molecule has 148 valence electrons. The zero-order valence-corrected chi connectivity index (χ0v) is 17.8. The van der Waals surface area contributed by atoms with Crippen molar-refractivity contribution < 1.29 is 4.74 Å². The fourth-order valence-corrected chi connectivity index (χ4v) is 4.11. The van der Waals surface area contributed by atoms with E-state index in [9.17, 15) is 4.79 Å². The summed E-state index contributed by atoms with van der Waals surface area (Å²) in [7, 11) is 0. The molecule has 0 amide bonds. The molecule has 0 radical (unpaired) electrons. The number of hydrogen-bond donors (Lipinski definition) is 0. The summed E-state index contributed by atoms with van der Waals surface area (Å²) in [6.45, 7) is 9.94. The van der Waals surface area contributed by atoms with Gasteiger partial charge in [0.2, 0.25) is 0 Å². The number of rotatable bonds is 5. The summed E-state index contributed by atoms with van der Waals surface area (Å²) < 4.78 is 9.72. The maximum atomic E-state index is 12.4. The standard InChI is InChI=1S/C20H24BrN5O2/c1-3-26-19-11-18(22-12-15(19)10-17(21)20(26)27)16-13-25(23-14(16)2)5-4-24-6-8-28-9-7-24/h10-13H,3-9H2,1-2H3. The molecule has 0 aromatic carbocycles. The Hall–Kier alpha value is -2.03. The molecule has 0 bridgehead atoms. The summed E-state index contributed by atoms with van der Waals surface area (Å²) in [4.78, 5) is 19.5. The molecule has 1 aliphatic rings. The monoisotopic (exact) mass is 445 g/mol. The number of fused-ring (bicyclic) bond motifs is 1. The van der Waals surface area contributed by atoms with Gasteiger partial charge in [-0.05, 0) is 41.9 Å². The zero-order chi connectivity index (χ0) is 19.7. The van der Waals surface area contributed by atoms with Crippen LogP contribution in [-0.2, 0) is 17.8 Å². The fourth-order valence-electron chi connectivity index (χ4n) is 3.65. The molecule has 0 unspecified atom stereocenters. The molecule has 1 saturated heterocycles. The molecular formula is C20H24BrN5O2. The van der Waals surface area contributed by atoms with Gasteiger partial charge in [0.05, 0.1) is 41.1 Å². The van der Waals surface area contributed by atoms with Gasteiger partial charge in [-0.25, -0.2) is 0 Å². The third-order valence-electron chi connectivity index (χ3n) is 5.22. The summed E-state index contributed by atoms with van der Waals surface area (Å²) in [6.07, 6.45) is 3.88. The predicted molar refractivity (Wildman–Crippen MR) is 113 cm³/mol. The highest BCUT2D eigenvalue weighted by atomic mass is 79.9. The third-order valence-corrected chi connectivity index (χ3v) is 5.79. The molecule has 0 saturated carbocycles. The largest absolute Gasteiger partial charge is 0.379 e. The maximum Gasteiger partial charge on any atom is 0.265 e. The van der Waals surface area contributed by atoms with E-state index in [0.717, 1.165) is 67.2 Å². The Bertz CT molecular complexity index is 1050. The first kappa shape index (κ1) is 19.3. The van der Waals surface area contributed by atoms with E-state index in [-0.39, 0.29) is 5.56 Å². The molecule has 3 aromatic rings. The molecule has 3 aromatic heterocycles. The van der Waals surface area contributed by atoms with Crippen LogP contribution in [0.2, 0.25) is 0 Å². The second kappa shape index (κ2) is 8.14. The molecule has 0 atom stereocenters. The molecular weight excluding hydrogens is 422 g/mol. The van der Waals surface area contributed by atoms with Crippen LogP contribution in [0.5, 0.6) is 0 Å². The van der Waals surface area contributed by atoms with Crippen LogP contribution < -0.4 is 5.56 Å². The Kier molecular flexibility index (Phi) is 5.61. The molecule has 1 aliphatic heterocycles. The minimum atomic E-state index is -0.0231. The Balaban J connectivity index is 1.63. The SMILES string of the molecule is CCn1c(=O)c(Br)cc2cnc(-c3cn(CCN4CCOCC4)nc3C)cc21. The van der Waals surface area contributed by atoms with Crippen molar-refractivity contribution in [3.8, 4) is 11.3 Å². The number of pyridine rings is 2. The van der Waals surface area contributed by atoms with Gasteiger partial charge in [-0.2, -0.15) is 5.10 Å². The smallest absolute Gasteiger partial charge is 0.265 e. The minimum Gasteiger partial charge on any atom is -0.379 e. The Morgan fingerprint density at radius 3 is 2.75 bits per heavy atom. The van der Waals surface area contributed by atoms with Gasteiger partial charge in [-0.1, -0.05) is 0 Å². The van der Waals surface area contributed by atoms with Crippen molar-refractivity contribution in [2.24, 2.45) is 0 Å². The summed E-state index contributed by atoms with van der Waals surface area (Å²) in [6, 6.07) is 3.82. The number of halogens is 1. The van der Waals surface area contributed by atoms with Crippen LogP contribution in [0.3, 0.4) is 0 Å². The Morgan fingerprint density at radius 1 is 1.21 bits per heavy atom. The first-order valence-electron chi connectivity index (χ1n) is 9.60. The molecule has 4 heterocycles. The van der Waals surface area contributed by atoms with Crippen LogP contribution in [0.25, 0.3) is 22.2 Å². The average Bonchev–Trinajstić information content (AvgIpc) is 3.08. The lowest BCUT2D eigenvalue weighted by atomic mass is 10.1.